The summed E-state index contributed by atoms with van der Waals surface area (Å²) in [4.78, 5) is 4.28. The number of anilines is 1. The van der Waals surface area contributed by atoms with Gasteiger partial charge < -0.3 is 10.8 Å². The SMILES string of the molecule is Nc1cn(C2CCC(O)CC2)nc1-c1ccccn1. The van der Waals surface area contributed by atoms with Crippen LogP contribution in [0.2, 0.25) is 0 Å². The van der Waals surface area contributed by atoms with Crippen LogP contribution >= 0.6 is 0 Å². The number of pyridine rings is 1. The van der Waals surface area contributed by atoms with Crippen molar-refractivity contribution in [1.82, 2.24) is 14.8 Å². The lowest BCUT2D eigenvalue weighted by Gasteiger charge is -2.25. The predicted molar refractivity (Wildman–Crippen MR) is 73.4 cm³/mol. The summed E-state index contributed by atoms with van der Waals surface area (Å²) in [5.41, 5.74) is 8.23. The molecule has 1 saturated carbocycles. The van der Waals surface area contributed by atoms with E-state index in [0.29, 0.717) is 11.7 Å². The first-order valence-corrected chi connectivity index (χ1v) is 6.68. The number of hydrogen-bond donors (Lipinski definition) is 2. The van der Waals surface area contributed by atoms with E-state index in [1.54, 1.807) is 6.20 Å². The molecule has 0 spiro atoms. The molecule has 19 heavy (non-hydrogen) atoms. The summed E-state index contributed by atoms with van der Waals surface area (Å²) in [5, 5.41) is 14.1. The summed E-state index contributed by atoms with van der Waals surface area (Å²) in [6.45, 7) is 0. The summed E-state index contributed by atoms with van der Waals surface area (Å²) < 4.78 is 1.94. The van der Waals surface area contributed by atoms with Crippen molar-refractivity contribution >= 4 is 5.69 Å². The number of nitrogens with two attached hydrogens (primary N) is 1. The van der Waals surface area contributed by atoms with Crippen molar-refractivity contribution in [3.05, 3.63) is 30.6 Å². The fourth-order valence-corrected chi connectivity index (χ4v) is 2.62. The van der Waals surface area contributed by atoms with Gasteiger partial charge >= 0.3 is 0 Å². The third-order valence-electron chi connectivity index (χ3n) is 3.71. The molecule has 0 radical (unpaired) electrons. The highest BCUT2D eigenvalue weighted by Gasteiger charge is 2.22. The lowest BCUT2D eigenvalue weighted by atomic mass is 9.93. The number of aromatic nitrogens is 3. The molecule has 0 amide bonds. The molecule has 3 N–H and O–H groups in total. The number of rotatable bonds is 2. The van der Waals surface area contributed by atoms with Crippen molar-refractivity contribution in [1.29, 1.82) is 0 Å². The van der Waals surface area contributed by atoms with Gasteiger partial charge in [0.2, 0.25) is 0 Å². The van der Waals surface area contributed by atoms with Crippen LogP contribution in [-0.4, -0.2) is 26.0 Å². The minimum Gasteiger partial charge on any atom is -0.396 e. The first kappa shape index (κ1) is 12.2. The first-order valence-electron chi connectivity index (χ1n) is 6.68. The third kappa shape index (κ3) is 2.46. The van der Waals surface area contributed by atoms with Crippen LogP contribution in [0.4, 0.5) is 5.69 Å². The van der Waals surface area contributed by atoms with Crippen LogP contribution in [0.5, 0.6) is 0 Å². The average Bonchev–Trinajstić information content (AvgIpc) is 2.83. The van der Waals surface area contributed by atoms with Gasteiger partial charge in [0, 0.05) is 12.4 Å². The zero-order chi connectivity index (χ0) is 13.2. The lowest BCUT2D eigenvalue weighted by Crippen LogP contribution is -2.21. The van der Waals surface area contributed by atoms with Crippen LogP contribution in [0.25, 0.3) is 11.4 Å². The summed E-state index contributed by atoms with van der Waals surface area (Å²) in [7, 11) is 0. The lowest BCUT2D eigenvalue weighted by molar-refractivity contribution is 0.108. The Labute approximate surface area is 112 Å². The van der Waals surface area contributed by atoms with Gasteiger partial charge in [0.05, 0.1) is 23.5 Å². The summed E-state index contributed by atoms with van der Waals surface area (Å²) in [5.74, 6) is 0. The second kappa shape index (κ2) is 5.01. The zero-order valence-corrected chi connectivity index (χ0v) is 10.7. The van der Waals surface area contributed by atoms with Crippen LogP contribution in [0.15, 0.2) is 30.6 Å². The van der Waals surface area contributed by atoms with E-state index in [1.807, 2.05) is 29.1 Å². The van der Waals surface area contributed by atoms with Crippen molar-refractivity contribution in [3.8, 4) is 11.4 Å². The molecule has 1 fully saturated rings. The fraction of sp³-hybridized carbons (Fsp3) is 0.429. The molecule has 0 saturated heterocycles. The third-order valence-corrected chi connectivity index (χ3v) is 3.71. The van der Waals surface area contributed by atoms with E-state index >= 15 is 0 Å². The molecule has 100 valence electrons. The molecule has 2 aromatic rings. The van der Waals surface area contributed by atoms with E-state index < -0.39 is 0 Å². The first-order chi connectivity index (χ1) is 9.24. The van der Waals surface area contributed by atoms with Crippen LogP contribution < -0.4 is 5.73 Å². The molecule has 2 heterocycles. The van der Waals surface area contributed by atoms with E-state index in [2.05, 4.69) is 10.1 Å². The zero-order valence-electron chi connectivity index (χ0n) is 10.7. The van der Waals surface area contributed by atoms with E-state index in [9.17, 15) is 5.11 Å². The van der Waals surface area contributed by atoms with Crippen molar-refractivity contribution in [2.75, 3.05) is 5.73 Å². The topological polar surface area (TPSA) is 77.0 Å². The largest absolute Gasteiger partial charge is 0.396 e. The van der Waals surface area contributed by atoms with Gasteiger partial charge in [-0.3, -0.25) is 9.67 Å². The van der Waals surface area contributed by atoms with Crippen LogP contribution in [0.1, 0.15) is 31.7 Å². The summed E-state index contributed by atoms with van der Waals surface area (Å²) in [6, 6.07) is 6.05. The highest BCUT2D eigenvalue weighted by atomic mass is 16.3. The number of nitrogens with zero attached hydrogens (tertiary/aromatic N) is 3. The quantitative estimate of drug-likeness (QED) is 0.863. The molecule has 1 aliphatic rings. The van der Waals surface area contributed by atoms with Gasteiger partial charge in [-0.1, -0.05) is 6.07 Å². The number of aliphatic hydroxyl groups is 1. The Kier molecular flexibility index (Phi) is 3.21. The van der Waals surface area contributed by atoms with Crippen molar-refractivity contribution in [3.63, 3.8) is 0 Å². The highest BCUT2D eigenvalue weighted by molar-refractivity contribution is 5.68. The molecule has 0 bridgehead atoms. The van der Waals surface area contributed by atoms with Crippen LogP contribution in [0, 0.1) is 0 Å². The van der Waals surface area contributed by atoms with Gasteiger partial charge in [0.25, 0.3) is 0 Å². The molecule has 2 aromatic heterocycles. The average molecular weight is 258 g/mol. The molecule has 1 aliphatic carbocycles. The Morgan fingerprint density at radius 2 is 2.00 bits per heavy atom. The fourth-order valence-electron chi connectivity index (χ4n) is 2.62. The Balaban J connectivity index is 1.85. The molecular weight excluding hydrogens is 240 g/mol. The van der Waals surface area contributed by atoms with E-state index in [1.165, 1.54) is 0 Å². The molecule has 0 aliphatic heterocycles. The van der Waals surface area contributed by atoms with Crippen molar-refractivity contribution in [2.24, 2.45) is 0 Å². The number of nitrogen functional groups attached to an aromatic ring is 1. The standard InChI is InChI=1S/C14H18N4O/c15-12-9-18(10-4-6-11(19)7-5-10)17-14(12)13-3-1-2-8-16-13/h1-3,8-11,19H,4-7,15H2. The Hall–Kier alpha value is -1.88. The van der Waals surface area contributed by atoms with Crippen LogP contribution in [-0.2, 0) is 0 Å². The maximum Gasteiger partial charge on any atom is 0.134 e. The minimum atomic E-state index is -0.153. The predicted octanol–water partition coefficient (Wildman–Crippen LogP) is 2.00. The number of aliphatic hydroxyl groups excluding tert-OH is 1. The number of hydrogen-bond acceptors (Lipinski definition) is 4. The smallest absolute Gasteiger partial charge is 0.134 e. The Morgan fingerprint density at radius 1 is 1.21 bits per heavy atom. The monoisotopic (exact) mass is 258 g/mol. The molecule has 5 heteroatoms. The van der Waals surface area contributed by atoms with E-state index in [0.717, 1.165) is 37.1 Å². The van der Waals surface area contributed by atoms with Crippen LogP contribution in [0.3, 0.4) is 0 Å². The highest BCUT2D eigenvalue weighted by Crippen LogP contribution is 2.31. The normalized spacial score (nSPS) is 23.4. The van der Waals surface area contributed by atoms with Gasteiger partial charge in [-0.25, -0.2) is 0 Å². The Morgan fingerprint density at radius 3 is 2.68 bits per heavy atom. The van der Waals surface area contributed by atoms with E-state index in [4.69, 9.17) is 5.73 Å². The maximum atomic E-state index is 9.55. The molecule has 0 unspecified atom stereocenters. The van der Waals surface area contributed by atoms with Gasteiger partial charge in [-0.05, 0) is 37.8 Å². The van der Waals surface area contributed by atoms with Crippen molar-refractivity contribution < 1.29 is 5.11 Å². The second-order valence-corrected chi connectivity index (χ2v) is 5.09. The molecule has 5 nitrogen and oxygen atoms in total. The van der Waals surface area contributed by atoms with Crippen molar-refractivity contribution in [2.45, 2.75) is 37.8 Å². The van der Waals surface area contributed by atoms with Gasteiger partial charge in [0.1, 0.15) is 5.69 Å². The minimum absolute atomic E-state index is 0.153. The molecular formula is C14H18N4O. The molecule has 0 atom stereocenters. The maximum absolute atomic E-state index is 9.55. The molecule has 0 aromatic carbocycles. The van der Waals surface area contributed by atoms with E-state index in [-0.39, 0.29) is 6.10 Å². The summed E-state index contributed by atoms with van der Waals surface area (Å²) in [6.07, 6.45) is 7.04. The van der Waals surface area contributed by atoms with Gasteiger partial charge in [0.15, 0.2) is 0 Å². The summed E-state index contributed by atoms with van der Waals surface area (Å²) >= 11 is 0. The second-order valence-electron chi connectivity index (χ2n) is 5.09. The van der Waals surface area contributed by atoms with Gasteiger partial charge in [-0.2, -0.15) is 5.10 Å². The Bertz CT molecular complexity index is 544. The van der Waals surface area contributed by atoms with Gasteiger partial charge in [-0.15, -0.1) is 0 Å². The molecule has 3 rings (SSSR count).